The van der Waals surface area contributed by atoms with E-state index in [0.717, 1.165) is 19.4 Å². The Hall–Kier alpha value is -1.92. The molecule has 2 amide bonds. The van der Waals surface area contributed by atoms with Gasteiger partial charge in [0.2, 0.25) is 11.8 Å². The summed E-state index contributed by atoms with van der Waals surface area (Å²) in [6.07, 6.45) is 3.34. The van der Waals surface area contributed by atoms with Crippen LogP contribution in [-0.2, 0) is 16.0 Å². The van der Waals surface area contributed by atoms with Crippen molar-refractivity contribution in [3.05, 3.63) is 12.2 Å². The van der Waals surface area contributed by atoms with E-state index in [1.165, 1.54) is 6.33 Å². The summed E-state index contributed by atoms with van der Waals surface area (Å²) >= 11 is 0. The molecule has 2 heterocycles. The van der Waals surface area contributed by atoms with Gasteiger partial charge in [-0.05, 0) is 25.7 Å². The Kier molecular flexibility index (Phi) is 6.34. The summed E-state index contributed by atoms with van der Waals surface area (Å²) in [5.74, 6) is 1.36. The molecule has 1 saturated heterocycles. The minimum absolute atomic E-state index is 0.0121. The van der Waals surface area contributed by atoms with Gasteiger partial charge in [-0.25, -0.2) is 4.98 Å². The standard InChI is InChI=1S/C17H29N5O2/c1-12(2)8-13(3)17(24)21-6-5-7-22(14(4)10-21)16(23)9-15-18-11-19-20-15/h11-14H,5-10H2,1-4H3,(H,18,19,20). The molecule has 1 aliphatic rings. The van der Waals surface area contributed by atoms with Gasteiger partial charge in [0.25, 0.3) is 0 Å². The van der Waals surface area contributed by atoms with E-state index >= 15 is 0 Å². The lowest BCUT2D eigenvalue weighted by Crippen LogP contribution is -2.45. The van der Waals surface area contributed by atoms with Crippen molar-refractivity contribution in [2.24, 2.45) is 11.8 Å². The van der Waals surface area contributed by atoms with E-state index in [1.54, 1.807) is 0 Å². The quantitative estimate of drug-likeness (QED) is 0.883. The van der Waals surface area contributed by atoms with Gasteiger partial charge in [0.1, 0.15) is 12.2 Å². The van der Waals surface area contributed by atoms with Gasteiger partial charge < -0.3 is 9.80 Å². The number of hydrogen-bond acceptors (Lipinski definition) is 4. The van der Waals surface area contributed by atoms with Gasteiger partial charge in [-0.15, -0.1) is 0 Å². The maximum atomic E-state index is 12.7. The molecule has 2 unspecified atom stereocenters. The maximum absolute atomic E-state index is 12.7. The normalized spacial score (nSPS) is 20.1. The second kappa shape index (κ2) is 8.26. The van der Waals surface area contributed by atoms with Gasteiger partial charge in [-0.3, -0.25) is 14.7 Å². The molecule has 2 rings (SSSR count). The number of H-pyrrole nitrogens is 1. The SMILES string of the molecule is CC(C)CC(C)C(=O)N1CCCN(C(=O)Cc2ncn[nH]2)C(C)C1. The highest BCUT2D eigenvalue weighted by Crippen LogP contribution is 2.18. The second-order valence-corrected chi connectivity index (χ2v) is 7.21. The van der Waals surface area contributed by atoms with Crippen molar-refractivity contribution in [1.29, 1.82) is 0 Å². The fraction of sp³-hybridized carbons (Fsp3) is 0.765. The number of aromatic amines is 1. The van der Waals surface area contributed by atoms with Crippen LogP contribution in [0.2, 0.25) is 0 Å². The number of amides is 2. The van der Waals surface area contributed by atoms with Gasteiger partial charge in [0.05, 0.1) is 6.42 Å². The van der Waals surface area contributed by atoms with Crippen LogP contribution in [0.3, 0.4) is 0 Å². The first-order valence-corrected chi connectivity index (χ1v) is 8.81. The summed E-state index contributed by atoms with van der Waals surface area (Å²) in [6, 6.07) is 0.0121. The van der Waals surface area contributed by atoms with Crippen molar-refractivity contribution in [3.63, 3.8) is 0 Å². The molecule has 1 aliphatic heterocycles. The van der Waals surface area contributed by atoms with Crippen LogP contribution in [-0.4, -0.2) is 62.5 Å². The van der Waals surface area contributed by atoms with Crippen LogP contribution in [0.15, 0.2) is 6.33 Å². The Morgan fingerprint density at radius 2 is 2.08 bits per heavy atom. The first kappa shape index (κ1) is 18.4. The Morgan fingerprint density at radius 3 is 2.71 bits per heavy atom. The lowest BCUT2D eigenvalue weighted by atomic mass is 9.97. The highest BCUT2D eigenvalue weighted by molar-refractivity contribution is 5.80. The smallest absolute Gasteiger partial charge is 0.230 e. The molecule has 0 aromatic carbocycles. The second-order valence-electron chi connectivity index (χ2n) is 7.21. The molecule has 7 heteroatoms. The summed E-state index contributed by atoms with van der Waals surface area (Å²) in [5, 5.41) is 6.50. The Bertz CT molecular complexity index is 543. The monoisotopic (exact) mass is 335 g/mol. The van der Waals surface area contributed by atoms with Gasteiger partial charge in [0.15, 0.2) is 0 Å². The molecular weight excluding hydrogens is 306 g/mol. The minimum atomic E-state index is 0.0121. The van der Waals surface area contributed by atoms with Crippen LogP contribution in [0.1, 0.15) is 46.4 Å². The summed E-state index contributed by atoms with van der Waals surface area (Å²) in [6.45, 7) is 10.3. The first-order chi connectivity index (χ1) is 11.4. The van der Waals surface area contributed by atoms with E-state index in [2.05, 4.69) is 29.0 Å². The zero-order valence-corrected chi connectivity index (χ0v) is 15.2. The third-order valence-electron chi connectivity index (χ3n) is 4.51. The molecule has 1 N–H and O–H groups in total. The molecule has 24 heavy (non-hydrogen) atoms. The van der Waals surface area contributed by atoms with Gasteiger partial charge in [-0.1, -0.05) is 20.8 Å². The lowest BCUT2D eigenvalue weighted by Gasteiger charge is -2.30. The average Bonchev–Trinajstić information content (AvgIpc) is 2.93. The molecule has 7 nitrogen and oxygen atoms in total. The first-order valence-electron chi connectivity index (χ1n) is 8.81. The Balaban J connectivity index is 1.95. The Labute approximate surface area is 143 Å². The van der Waals surface area contributed by atoms with Crippen LogP contribution in [0.4, 0.5) is 0 Å². The summed E-state index contributed by atoms with van der Waals surface area (Å²) in [5.41, 5.74) is 0. The number of carbonyl (C=O) groups excluding carboxylic acids is 2. The van der Waals surface area contributed by atoms with E-state index < -0.39 is 0 Å². The number of nitrogens with zero attached hydrogens (tertiary/aromatic N) is 4. The maximum Gasteiger partial charge on any atom is 0.230 e. The summed E-state index contributed by atoms with van der Waals surface area (Å²) in [7, 11) is 0. The van der Waals surface area contributed by atoms with Crippen LogP contribution >= 0.6 is 0 Å². The fourth-order valence-corrected chi connectivity index (χ4v) is 3.41. The molecule has 1 aromatic heterocycles. The van der Waals surface area contributed by atoms with Crippen LogP contribution in [0, 0.1) is 11.8 Å². The number of carbonyl (C=O) groups is 2. The fourth-order valence-electron chi connectivity index (χ4n) is 3.41. The third kappa shape index (κ3) is 4.79. The predicted octanol–water partition coefficient (Wildman–Crippen LogP) is 1.48. The lowest BCUT2D eigenvalue weighted by molar-refractivity contribution is -0.137. The topological polar surface area (TPSA) is 82.2 Å². The zero-order valence-electron chi connectivity index (χ0n) is 15.2. The molecule has 0 bridgehead atoms. The molecule has 0 spiro atoms. The van der Waals surface area contributed by atoms with Crippen molar-refractivity contribution in [3.8, 4) is 0 Å². The number of aromatic nitrogens is 3. The largest absolute Gasteiger partial charge is 0.340 e. The van der Waals surface area contributed by atoms with Gasteiger partial charge in [0, 0.05) is 31.6 Å². The Morgan fingerprint density at radius 1 is 1.33 bits per heavy atom. The van der Waals surface area contributed by atoms with E-state index in [9.17, 15) is 9.59 Å². The van der Waals surface area contributed by atoms with Crippen molar-refractivity contribution in [1.82, 2.24) is 25.0 Å². The molecule has 1 aromatic rings. The third-order valence-corrected chi connectivity index (χ3v) is 4.51. The number of rotatable bonds is 5. The zero-order chi connectivity index (χ0) is 17.7. The highest BCUT2D eigenvalue weighted by Gasteiger charge is 2.29. The molecule has 134 valence electrons. The van der Waals surface area contributed by atoms with Crippen molar-refractivity contribution < 1.29 is 9.59 Å². The van der Waals surface area contributed by atoms with Crippen LogP contribution < -0.4 is 0 Å². The van der Waals surface area contributed by atoms with Crippen molar-refractivity contribution >= 4 is 11.8 Å². The van der Waals surface area contributed by atoms with Crippen molar-refractivity contribution in [2.45, 2.75) is 53.0 Å². The average molecular weight is 335 g/mol. The molecular formula is C17H29N5O2. The number of nitrogens with one attached hydrogen (secondary N) is 1. The van der Waals surface area contributed by atoms with Crippen LogP contribution in [0.25, 0.3) is 0 Å². The van der Waals surface area contributed by atoms with E-state index in [-0.39, 0.29) is 30.2 Å². The molecule has 0 saturated carbocycles. The van der Waals surface area contributed by atoms with Crippen molar-refractivity contribution in [2.75, 3.05) is 19.6 Å². The predicted molar refractivity (Wildman–Crippen MR) is 91.1 cm³/mol. The van der Waals surface area contributed by atoms with Gasteiger partial charge in [-0.2, -0.15) is 5.10 Å². The van der Waals surface area contributed by atoms with E-state index in [0.29, 0.717) is 24.8 Å². The summed E-state index contributed by atoms with van der Waals surface area (Å²) < 4.78 is 0. The molecule has 2 atom stereocenters. The van der Waals surface area contributed by atoms with Gasteiger partial charge >= 0.3 is 0 Å². The molecule has 0 radical (unpaired) electrons. The van der Waals surface area contributed by atoms with Crippen LogP contribution in [0.5, 0.6) is 0 Å². The number of hydrogen-bond donors (Lipinski definition) is 1. The minimum Gasteiger partial charge on any atom is -0.340 e. The molecule has 1 fully saturated rings. The highest BCUT2D eigenvalue weighted by atomic mass is 16.2. The molecule has 0 aliphatic carbocycles. The van der Waals surface area contributed by atoms with E-state index in [4.69, 9.17) is 0 Å². The van der Waals surface area contributed by atoms with E-state index in [1.807, 2.05) is 23.6 Å². The summed E-state index contributed by atoms with van der Waals surface area (Å²) in [4.78, 5) is 33.0.